The normalized spacial score (nSPS) is 24.2. The third-order valence-electron chi connectivity index (χ3n) is 3.95. The standard InChI is InChI=1S/C16H25NO/c1-12(2)14-4-3-5-16(10-14)18-15-8-6-13(11-17)7-9-15/h3-5,10,12-13,15H,6-9,11,17H2,1-2H3. The lowest BCUT2D eigenvalue weighted by Crippen LogP contribution is -2.27. The van der Waals surface area contributed by atoms with Gasteiger partial charge in [-0.15, -0.1) is 0 Å². The molecular formula is C16H25NO. The average molecular weight is 247 g/mol. The van der Waals surface area contributed by atoms with E-state index in [4.69, 9.17) is 10.5 Å². The van der Waals surface area contributed by atoms with Crippen molar-refractivity contribution in [3.63, 3.8) is 0 Å². The van der Waals surface area contributed by atoms with E-state index in [1.165, 1.54) is 18.4 Å². The molecule has 0 amide bonds. The lowest BCUT2D eigenvalue weighted by Gasteiger charge is -2.28. The molecule has 2 rings (SSSR count). The van der Waals surface area contributed by atoms with Crippen LogP contribution in [-0.4, -0.2) is 12.6 Å². The van der Waals surface area contributed by atoms with Crippen molar-refractivity contribution in [2.45, 2.75) is 51.6 Å². The SMILES string of the molecule is CC(C)c1cccc(OC2CCC(CN)CC2)c1. The molecule has 0 atom stereocenters. The Bertz CT molecular complexity index is 367. The highest BCUT2D eigenvalue weighted by molar-refractivity contribution is 5.30. The fourth-order valence-electron chi connectivity index (χ4n) is 2.62. The van der Waals surface area contributed by atoms with E-state index in [1.807, 2.05) is 0 Å². The Labute approximate surface area is 111 Å². The number of ether oxygens (including phenoxy) is 1. The first-order valence-electron chi connectivity index (χ1n) is 7.15. The van der Waals surface area contributed by atoms with E-state index in [1.54, 1.807) is 0 Å². The van der Waals surface area contributed by atoms with E-state index in [0.29, 0.717) is 17.9 Å². The molecule has 1 aromatic rings. The van der Waals surface area contributed by atoms with Gasteiger partial charge in [-0.3, -0.25) is 0 Å². The molecule has 2 heteroatoms. The molecule has 0 bridgehead atoms. The maximum atomic E-state index is 6.10. The van der Waals surface area contributed by atoms with Gasteiger partial charge in [-0.1, -0.05) is 26.0 Å². The van der Waals surface area contributed by atoms with E-state index in [2.05, 4.69) is 38.1 Å². The van der Waals surface area contributed by atoms with Crippen LogP contribution in [0.1, 0.15) is 51.0 Å². The van der Waals surface area contributed by atoms with Gasteiger partial charge >= 0.3 is 0 Å². The summed E-state index contributed by atoms with van der Waals surface area (Å²) in [6, 6.07) is 8.51. The smallest absolute Gasteiger partial charge is 0.119 e. The molecule has 18 heavy (non-hydrogen) atoms. The molecule has 2 nitrogen and oxygen atoms in total. The van der Waals surface area contributed by atoms with E-state index in [0.717, 1.165) is 25.1 Å². The molecule has 0 unspecified atom stereocenters. The Morgan fingerprint density at radius 2 is 1.94 bits per heavy atom. The van der Waals surface area contributed by atoms with Gasteiger partial charge in [0, 0.05) is 0 Å². The van der Waals surface area contributed by atoms with Crippen LogP contribution in [0.25, 0.3) is 0 Å². The molecular weight excluding hydrogens is 222 g/mol. The lowest BCUT2D eigenvalue weighted by molar-refractivity contribution is 0.133. The number of rotatable bonds is 4. The van der Waals surface area contributed by atoms with Crippen molar-refractivity contribution in [3.8, 4) is 5.75 Å². The first kappa shape index (κ1) is 13.4. The van der Waals surface area contributed by atoms with Crippen LogP contribution < -0.4 is 10.5 Å². The van der Waals surface area contributed by atoms with E-state index in [-0.39, 0.29) is 0 Å². The Kier molecular flexibility index (Phi) is 4.65. The Balaban J connectivity index is 1.92. The molecule has 1 saturated carbocycles. The molecule has 0 aliphatic heterocycles. The third-order valence-corrected chi connectivity index (χ3v) is 3.95. The monoisotopic (exact) mass is 247 g/mol. The zero-order valence-corrected chi connectivity index (χ0v) is 11.6. The fourth-order valence-corrected chi connectivity index (χ4v) is 2.62. The number of hydrogen-bond acceptors (Lipinski definition) is 2. The fraction of sp³-hybridized carbons (Fsp3) is 0.625. The molecule has 0 radical (unpaired) electrons. The van der Waals surface area contributed by atoms with Crippen molar-refractivity contribution in [3.05, 3.63) is 29.8 Å². The van der Waals surface area contributed by atoms with Gasteiger partial charge in [0.1, 0.15) is 5.75 Å². The van der Waals surface area contributed by atoms with Gasteiger partial charge < -0.3 is 10.5 Å². The first-order valence-corrected chi connectivity index (χ1v) is 7.15. The molecule has 1 aliphatic rings. The van der Waals surface area contributed by atoms with Crippen LogP contribution in [0.3, 0.4) is 0 Å². The highest BCUT2D eigenvalue weighted by Crippen LogP contribution is 2.28. The van der Waals surface area contributed by atoms with Gasteiger partial charge in [0.15, 0.2) is 0 Å². The molecule has 1 aromatic carbocycles. The zero-order chi connectivity index (χ0) is 13.0. The van der Waals surface area contributed by atoms with Crippen LogP contribution >= 0.6 is 0 Å². The van der Waals surface area contributed by atoms with Crippen molar-refractivity contribution in [2.24, 2.45) is 11.7 Å². The Hall–Kier alpha value is -1.02. The molecule has 100 valence electrons. The topological polar surface area (TPSA) is 35.2 Å². The summed E-state index contributed by atoms with van der Waals surface area (Å²) in [5.74, 6) is 2.30. The van der Waals surface area contributed by atoms with E-state index >= 15 is 0 Å². The van der Waals surface area contributed by atoms with Gasteiger partial charge in [0.2, 0.25) is 0 Å². The van der Waals surface area contributed by atoms with Crippen LogP contribution in [0.5, 0.6) is 5.75 Å². The lowest BCUT2D eigenvalue weighted by atomic mass is 9.87. The van der Waals surface area contributed by atoms with Crippen molar-refractivity contribution in [1.82, 2.24) is 0 Å². The largest absolute Gasteiger partial charge is 0.490 e. The molecule has 2 N–H and O–H groups in total. The van der Waals surface area contributed by atoms with Crippen LogP contribution in [0.4, 0.5) is 0 Å². The van der Waals surface area contributed by atoms with Crippen LogP contribution in [0.15, 0.2) is 24.3 Å². The summed E-state index contributed by atoms with van der Waals surface area (Å²) in [6.45, 7) is 5.26. The number of hydrogen-bond donors (Lipinski definition) is 1. The van der Waals surface area contributed by atoms with Crippen LogP contribution in [0.2, 0.25) is 0 Å². The predicted octanol–water partition coefficient (Wildman–Crippen LogP) is 3.71. The molecule has 0 aromatic heterocycles. The molecule has 0 spiro atoms. The van der Waals surface area contributed by atoms with Crippen molar-refractivity contribution in [1.29, 1.82) is 0 Å². The average Bonchev–Trinajstić information content (AvgIpc) is 2.40. The highest BCUT2D eigenvalue weighted by atomic mass is 16.5. The Morgan fingerprint density at radius 1 is 1.22 bits per heavy atom. The van der Waals surface area contributed by atoms with Crippen molar-refractivity contribution in [2.75, 3.05) is 6.54 Å². The minimum atomic E-state index is 0.384. The highest BCUT2D eigenvalue weighted by Gasteiger charge is 2.21. The van der Waals surface area contributed by atoms with Gasteiger partial charge in [0.05, 0.1) is 6.10 Å². The summed E-state index contributed by atoms with van der Waals surface area (Å²) in [5.41, 5.74) is 7.06. The van der Waals surface area contributed by atoms with Crippen LogP contribution in [-0.2, 0) is 0 Å². The molecule has 1 aliphatic carbocycles. The first-order chi connectivity index (χ1) is 8.69. The third kappa shape index (κ3) is 3.49. The predicted molar refractivity (Wildman–Crippen MR) is 76.0 cm³/mol. The molecule has 0 heterocycles. The van der Waals surface area contributed by atoms with Crippen LogP contribution in [0, 0.1) is 5.92 Å². The van der Waals surface area contributed by atoms with Gasteiger partial charge in [-0.25, -0.2) is 0 Å². The summed E-state index contributed by atoms with van der Waals surface area (Å²) in [4.78, 5) is 0. The summed E-state index contributed by atoms with van der Waals surface area (Å²) >= 11 is 0. The van der Waals surface area contributed by atoms with E-state index < -0.39 is 0 Å². The second kappa shape index (κ2) is 6.24. The van der Waals surface area contributed by atoms with Gasteiger partial charge in [-0.05, 0) is 61.8 Å². The Morgan fingerprint density at radius 3 is 2.56 bits per heavy atom. The quantitative estimate of drug-likeness (QED) is 0.880. The maximum absolute atomic E-state index is 6.10. The number of nitrogens with two attached hydrogens (primary N) is 1. The second-order valence-corrected chi connectivity index (χ2v) is 5.72. The van der Waals surface area contributed by atoms with Gasteiger partial charge in [0.25, 0.3) is 0 Å². The minimum Gasteiger partial charge on any atom is -0.490 e. The van der Waals surface area contributed by atoms with Crippen molar-refractivity contribution < 1.29 is 4.74 Å². The summed E-state index contributed by atoms with van der Waals surface area (Å²) in [7, 11) is 0. The summed E-state index contributed by atoms with van der Waals surface area (Å²) in [5, 5.41) is 0. The van der Waals surface area contributed by atoms with Gasteiger partial charge in [-0.2, -0.15) is 0 Å². The zero-order valence-electron chi connectivity index (χ0n) is 11.6. The maximum Gasteiger partial charge on any atom is 0.119 e. The number of benzene rings is 1. The van der Waals surface area contributed by atoms with E-state index in [9.17, 15) is 0 Å². The van der Waals surface area contributed by atoms with Crippen molar-refractivity contribution >= 4 is 0 Å². The molecule has 0 saturated heterocycles. The minimum absolute atomic E-state index is 0.384. The summed E-state index contributed by atoms with van der Waals surface area (Å²) in [6.07, 6.45) is 5.10. The second-order valence-electron chi connectivity index (χ2n) is 5.72. The summed E-state index contributed by atoms with van der Waals surface area (Å²) < 4.78 is 6.10. The molecule has 1 fully saturated rings.